The normalized spacial score (nSPS) is 15.6. The maximum atomic E-state index is 13.1. The average molecular weight is 587 g/mol. The highest BCUT2D eigenvalue weighted by Crippen LogP contribution is 2.23. The molecule has 1 N–H and O–H groups in total. The molecule has 38 heavy (non-hydrogen) atoms. The number of Topliss-reactive ketones (excluding diaryl/α,β-unsaturated/α-hetero) is 2. The van der Waals surface area contributed by atoms with Crippen molar-refractivity contribution >= 4 is 45.5 Å². The monoisotopic (exact) mass is 586 g/mol. The molecule has 202 valence electrons. The highest BCUT2D eigenvalue weighted by atomic mass is 79.9. The van der Waals surface area contributed by atoms with Gasteiger partial charge in [-0.2, -0.15) is 0 Å². The van der Waals surface area contributed by atoms with E-state index < -0.39 is 36.7 Å². The Labute approximate surface area is 230 Å². The predicted molar refractivity (Wildman–Crippen MR) is 144 cm³/mol. The zero-order valence-corrected chi connectivity index (χ0v) is 23.2. The molecule has 1 aliphatic rings. The minimum Gasteiger partial charge on any atom is -0.456 e. The Morgan fingerprint density at radius 2 is 1.50 bits per heavy atom. The Kier molecular flexibility index (Phi) is 10.2. The number of ketones is 2. The van der Waals surface area contributed by atoms with E-state index in [-0.39, 0.29) is 22.8 Å². The quantitative estimate of drug-likeness (QED) is 0.253. The molecule has 10 heteroatoms. The second-order valence-electron chi connectivity index (χ2n) is 9.29. The molecule has 2 aromatic carbocycles. The number of nitrogens with one attached hydrogen (secondary N) is 1. The molecule has 2 amide bonds. The average Bonchev–Trinajstić information content (AvgIpc) is 3.43. The van der Waals surface area contributed by atoms with Crippen molar-refractivity contribution in [3.05, 3.63) is 59.7 Å². The number of carbonyl (C=O) groups excluding carboxylic acids is 5. The lowest BCUT2D eigenvalue weighted by Crippen LogP contribution is -2.54. The number of halogens is 1. The van der Waals surface area contributed by atoms with Gasteiger partial charge in [0.15, 0.2) is 18.2 Å². The van der Waals surface area contributed by atoms with Crippen molar-refractivity contribution < 1.29 is 33.4 Å². The molecular weight excluding hydrogens is 556 g/mol. The number of alkyl halides is 1. The van der Waals surface area contributed by atoms with Crippen molar-refractivity contribution in [3.63, 3.8) is 0 Å². The summed E-state index contributed by atoms with van der Waals surface area (Å²) in [5.41, 5.74) is 2.76. The summed E-state index contributed by atoms with van der Waals surface area (Å²) in [5.74, 6) is -1.64. The van der Waals surface area contributed by atoms with E-state index in [0.29, 0.717) is 30.5 Å². The number of benzene rings is 2. The molecule has 2 atom stereocenters. The number of ether oxygens (including phenoxy) is 2. The van der Waals surface area contributed by atoms with Crippen molar-refractivity contribution in [2.75, 3.05) is 25.6 Å². The zero-order chi connectivity index (χ0) is 27.8. The summed E-state index contributed by atoms with van der Waals surface area (Å²) in [6.07, 6.45) is 0.292. The largest absolute Gasteiger partial charge is 0.456 e. The molecule has 3 rings (SSSR count). The van der Waals surface area contributed by atoms with E-state index in [2.05, 4.69) is 26.0 Å². The number of likely N-dealkylation sites (tertiary alicyclic amines) is 1. The van der Waals surface area contributed by atoms with E-state index in [1.807, 2.05) is 12.1 Å². The molecule has 1 heterocycles. The highest BCUT2D eigenvalue weighted by molar-refractivity contribution is 9.09. The van der Waals surface area contributed by atoms with Crippen molar-refractivity contribution in [1.29, 1.82) is 0 Å². The van der Waals surface area contributed by atoms with Crippen LogP contribution in [0.2, 0.25) is 0 Å². The van der Waals surface area contributed by atoms with Crippen LogP contribution in [0.15, 0.2) is 48.5 Å². The van der Waals surface area contributed by atoms with Gasteiger partial charge in [-0.25, -0.2) is 9.59 Å². The van der Waals surface area contributed by atoms with Crippen LogP contribution in [0.4, 0.5) is 4.79 Å². The number of hydrogen-bond donors (Lipinski definition) is 1. The number of nitrogens with zero attached hydrogens (tertiary/aromatic N) is 1. The van der Waals surface area contributed by atoms with Crippen LogP contribution in [0, 0.1) is 5.92 Å². The molecule has 0 aromatic heterocycles. The van der Waals surface area contributed by atoms with Gasteiger partial charge in [-0.15, -0.1) is 0 Å². The Bertz CT molecular complexity index is 1180. The van der Waals surface area contributed by atoms with Crippen molar-refractivity contribution in [1.82, 2.24) is 10.2 Å². The van der Waals surface area contributed by atoms with Crippen LogP contribution in [0.5, 0.6) is 0 Å². The molecule has 0 aliphatic carbocycles. The lowest BCUT2D eigenvalue weighted by atomic mass is 10.0. The third kappa shape index (κ3) is 7.06. The second kappa shape index (κ2) is 13.3. The number of carbonyl (C=O) groups is 5. The SMILES string of the molecule is COC(=O)N[C@H](C(=O)N1CCCC1C(=O)OCC(=O)c1ccc(-c2ccc(C(=O)CBr)cc2)cc1)C(C)C. The minimum atomic E-state index is -0.850. The molecular formula is C28H31BrN2O7. The van der Waals surface area contributed by atoms with Gasteiger partial charge in [0.1, 0.15) is 12.1 Å². The Morgan fingerprint density at radius 1 is 0.947 bits per heavy atom. The highest BCUT2D eigenvalue weighted by Gasteiger charge is 2.39. The van der Waals surface area contributed by atoms with Gasteiger partial charge in [0.25, 0.3) is 0 Å². The second-order valence-corrected chi connectivity index (χ2v) is 9.85. The number of methoxy groups -OCH3 is 1. The molecule has 0 bridgehead atoms. The van der Waals surface area contributed by atoms with E-state index in [1.165, 1.54) is 12.0 Å². The summed E-state index contributed by atoms with van der Waals surface area (Å²) in [6.45, 7) is 3.47. The summed E-state index contributed by atoms with van der Waals surface area (Å²) in [6, 6.07) is 12.4. The first kappa shape index (κ1) is 29.0. The van der Waals surface area contributed by atoms with Crippen LogP contribution in [0.1, 0.15) is 47.4 Å². The first-order chi connectivity index (χ1) is 18.2. The molecule has 1 unspecified atom stereocenters. The maximum Gasteiger partial charge on any atom is 0.407 e. The smallest absolute Gasteiger partial charge is 0.407 e. The van der Waals surface area contributed by atoms with E-state index in [4.69, 9.17) is 4.74 Å². The van der Waals surface area contributed by atoms with Crippen LogP contribution in [0.25, 0.3) is 11.1 Å². The van der Waals surface area contributed by atoms with Gasteiger partial charge >= 0.3 is 12.1 Å². The van der Waals surface area contributed by atoms with E-state index in [9.17, 15) is 24.0 Å². The van der Waals surface area contributed by atoms with Gasteiger partial charge < -0.3 is 19.7 Å². The van der Waals surface area contributed by atoms with Gasteiger partial charge in [0.05, 0.1) is 12.4 Å². The maximum absolute atomic E-state index is 13.1. The lowest BCUT2D eigenvalue weighted by Gasteiger charge is -2.29. The molecule has 0 radical (unpaired) electrons. The number of amides is 2. The fraction of sp³-hybridized carbons (Fsp3) is 0.393. The standard InChI is InChI=1S/C28H31BrN2O7/c1-17(2)25(30-28(36)37-3)26(34)31-14-4-5-22(31)27(35)38-16-24(33)21-12-8-19(9-13-21)18-6-10-20(11-7-18)23(32)15-29/h6-13,17,22,25H,4-5,14-16H2,1-3H3,(H,30,36)/t22?,25-/m0/s1. The third-order valence-corrected chi connectivity index (χ3v) is 6.92. The van der Waals surface area contributed by atoms with Crippen molar-refractivity contribution in [2.45, 2.75) is 38.8 Å². The molecule has 1 fully saturated rings. The molecule has 9 nitrogen and oxygen atoms in total. The number of rotatable bonds is 10. The summed E-state index contributed by atoms with van der Waals surface area (Å²) in [4.78, 5) is 63.4. The molecule has 1 saturated heterocycles. The summed E-state index contributed by atoms with van der Waals surface area (Å²) in [5, 5.41) is 2.78. The van der Waals surface area contributed by atoms with Gasteiger partial charge in [0.2, 0.25) is 5.91 Å². The van der Waals surface area contributed by atoms with E-state index >= 15 is 0 Å². The predicted octanol–water partition coefficient (Wildman–Crippen LogP) is 4.03. The number of esters is 1. The summed E-state index contributed by atoms with van der Waals surface area (Å²) >= 11 is 3.16. The first-order valence-corrected chi connectivity index (χ1v) is 13.4. The van der Waals surface area contributed by atoms with Crippen LogP contribution < -0.4 is 5.32 Å². The number of hydrogen-bond acceptors (Lipinski definition) is 7. The number of alkyl carbamates (subject to hydrolysis) is 1. The van der Waals surface area contributed by atoms with Crippen LogP contribution >= 0.6 is 15.9 Å². The van der Waals surface area contributed by atoms with Gasteiger partial charge in [-0.3, -0.25) is 14.4 Å². The summed E-state index contributed by atoms with van der Waals surface area (Å²) in [7, 11) is 1.21. The van der Waals surface area contributed by atoms with E-state index in [0.717, 1.165) is 11.1 Å². The van der Waals surface area contributed by atoms with Crippen molar-refractivity contribution in [3.8, 4) is 11.1 Å². The van der Waals surface area contributed by atoms with Crippen LogP contribution in [-0.4, -0.2) is 72.1 Å². The fourth-order valence-electron chi connectivity index (χ4n) is 4.24. The Morgan fingerprint density at radius 3 is 2.00 bits per heavy atom. The third-order valence-electron chi connectivity index (χ3n) is 6.41. The van der Waals surface area contributed by atoms with Gasteiger partial charge in [-0.05, 0) is 29.9 Å². The first-order valence-electron chi connectivity index (χ1n) is 12.3. The summed E-state index contributed by atoms with van der Waals surface area (Å²) < 4.78 is 9.91. The van der Waals surface area contributed by atoms with Crippen molar-refractivity contribution in [2.24, 2.45) is 5.92 Å². The topological polar surface area (TPSA) is 119 Å². The van der Waals surface area contributed by atoms with Gasteiger partial charge in [0, 0.05) is 17.7 Å². The zero-order valence-electron chi connectivity index (χ0n) is 21.6. The van der Waals surface area contributed by atoms with Crippen LogP contribution in [0.3, 0.4) is 0 Å². The molecule has 2 aromatic rings. The fourth-order valence-corrected chi connectivity index (χ4v) is 4.57. The Hall–Kier alpha value is -3.53. The lowest BCUT2D eigenvalue weighted by molar-refractivity contribution is -0.153. The molecule has 0 saturated carbocycles. The Balaban J connectivity index is 1.59. The molecule has 1 aliphatic heterocycles. The minimum absolute atomic E-state index is 0.00488. The van der Waals surface area contributed by atoms with E-state index in [1.54, 1.807) is 50.2 Å². The van der Waals surface area contributed by atoms with Crippen LogP contribution in [-0.2, 0) is 19.1 Å². The van der Waals surface area contributed by atoms with Gasteiger partial charge in [-0.1, -0.05) is 78.3 Å². The molecule has 0 spiro atoms.